The highest BCUT2D eigenvalue weighted by molar-refractivity contribution is 5.51. The van der Waals surface area contributed by atoms with Crippen molar-refractivity contribution in [3.05, 3.63) is 62.3 Å². The van der Waals surface area contributed by atoms with E-state index in [-0.39, 0.29) is 17.2 Å². The van der Waals surface area contributed by atoms with Gasteiger partial charge in [0, 0.05) is 13.0 Å². The number of ether oxygens (including phenoxy) is 1. The maximum absolute atomic E-state index is 10.9. The molecule has 0 atom stereocenters. The zero-order valence-electron chi connectivity index (χ0n) is 10.3. The van der Waals surface area contributed by atoms with E-state index in [1.165, 1.54) is 36.4 Å². The Kier molecular flexibility index (Phi) is 3.56. The van der Waals surface area contributed by atoms with Gasteiger partial charge in [0.1, 0.15) is 5.69 Å². The highest BCUT2D eigenvalue weighted by atomic mass is 16.6. The quantitative estimate of drug-likeness (QED) is 0.626. The van der Waals surface area contributed by atoms with Crippen molar-refractivity contribution in [2.45, 2.75) is 6.92 Å². The number of nitro benzene ring substituents is 1. The van der Waals surface area contributed by atoms with E-state index in [0.29, 0.717) is 5.69 Å². The van der Waals surface area contributed by atoms with Crippen LogP contribution < -0.4 is 4.74 Å². The first-order valence-corrected chi connectivity index (χ1v) is 5.52. The number of benzene rings is 1. The van der Waals surface area contributed by atoms with Gasteiger partial charge in [-0.2, -0.15) is 0 Å². The molecule has 1 heterocycles. The van der Waals surface area contributed by atoms with Crippen LogP contribution in [0.1, 0.15) is 5.69 Å². The second-order valence-electron chi connectivity index (χ2n) is 3.86. The van der Waals surface area contributed by atoms with Crippen molar-refractivity contribution in [1.82, 2.24) is 4.98 Å². The fraction of sp³-hybridized carbons (Fsp3) is 0.0833. The summed E-state index contributed by atoms with van der Waals surface area (Å²) in [5.41, 5.74) is 0.175. The van der Waals surface area contributed by atoms with Gasteiger partial charge in [0.15, 0.2) is 0 Å². The lowest BCUT2D eigenvalue weighted by Gasteiger charge is -2.06. The molecule has 20 heavy (non-hydrogen) atoms. The lowest BCUT2D eigenvalue weighted by molar-refractivity contribution is -0.391. The first-order valence-electron chi connectivity index (χ1n) is 5.52. The van der Waals surface area contributed by atoms with Crippen LogP contribution in [-0.2, 0) is 0 Å². The lowest BCUT2D eigenvalue weighted by atomic mass is 10.3. The number of aromatic nitrogens is 1. The molecule has 0 aliphatic heterocycles. The Bertz CT molecular complexity index is 687. The van der Waals surface area contributed by atoms with Crippen molar-refractivity contribution in [3.63, 3.8) is 0 Å². The SMILES string of the molecule is Cc1ccc(Oc2ccccc2[N+](=O)[O-])c([N+](=O)[O-])n1. The minimum atomic E-state index is -0.697. The minimum Gasteiger partial charge on any atom is -0.441 e. The van der Waals surface area contributed by atoms with Gasteiger partial charge >= 0.3 is 11.5 Å². The number of hydrogen-bond donors (Lipinski definition) is 0. The molecule has 102 valence electrons. The summed E-state index contributed by atoms with van der Waals surface area (Å²) in [6.07, 6.45) is 0. The third kappa shape index (κ3) is 2.69. The van der Waals surface area contributed by atoms with Crippen molar-refractivity contribution in [2.75, 3.05) is 0 Å². The fourth-order valence-electron chi connectivity index (χ4n) is 1.55. The van der Waals surface area contributed by atoms with E-state index in [0.717, 1.165) is 0 Å². The van der Waals surface area contributed by atoms with Crippen LogP contribution in [0.5, 0.6) is 11.5 Å². The van der Waals surface area contributed by atoms with Gasteiger partial charge in [0.25, 0.3) is 0 Å². The Morgan fingerprint density at radius 3 is 2.35 bits per heavy atom. The third-order valence-electron chi connectivity index (χ3n) is 2.43. The van der Waals surface area contributed by atoms with E-state index < -0.39 is 15.7 Å². The molecule has 0 N–H and O–H groups in total. The molecule has 0 spiro atoms. The summed E-state index contributed by atoms with van der Waals surface area (Å²) in [4.78, 5) is 24.2. The average molecular weight is 275 g/mol. The van der Waals surface area contributed by atoms with E-state index in [2.05, 4.69) is 4.98 Å². The second kappa shape index (κ2) is 5.31. The van der Waals surface area contributed by atoms with Gasteiger partial charge in [-0.15, -0.1) is 0 Å². The normalized spacial score (nSPS) is 10.1. The summed E-state index contributed by atoms with van der Waals surface area (Å²) in [6.45, 7) is 1.60. The van der Waals surface area contributed by atoms with E-state index in [4.69, 9.17) is 4.74 Å². The average Bonchev–Trinajstić information content (AvgIpc) is 2.41. The zero-order valence-corrected chi connectivity index (χ0v) is 10.3. The molecule has 0 aliphatic carbocycles. The van der Waals surface area contributed by atoms with Crippen LogP contribution in [0.4, 0.5) is 11.5 Å². The molecule has 2 aromatic rings. The highest BCUT2D eigenvalue weighted by Gasteiger charge is 2.22. The van der Waals surface area contributed by atoms with Crippen LogP contribution in [0.3, 0.4) is 0 Å². The summed E-state index contributed by atoms with van der Waals surface area (Å²) >= 11 is 0. The summed E-state index contributed by atoms with van der Waals surface area (Å²) in [7, 11) is 0. The molecule has 0 fully saturated rings. The van der Waals surface area contributed by atoms with E-state index >= 15 is 0 Å². The molecule has 0 saturated carbocycles. The molecule has 0 amide bonds. The molecule has 2 rings (SSSR count). The first kappa shape index (κ1) is 13.4. The van der Waals surface area contributed by atoms with Crippen LogP contribution in [-0.4, -0.2) is 14.8 Å². The summed E-state index contributed by atoms with van der Waals surface area (Å²) in [6, 6.07) is 8.52. The maximum atomic E-state index is 10.9. The van der Waals surface area contributed by atoms with Gasteiger partial charge in [-0.25, -0.2) is 0 Å². The zero-order chi connectivity index (χ0) is 14.7. The third-order valence-corrected chi connectivity index (χ3v) is 2.43. The summed E-state index contributed by atoms with van der Waals surface area (Å²) in [5.74, 6) is -0.704. The van der Waals surface area contributed by atoms with E-state index in [9.17, 15) is 20.2 Å². The summed E-state index contributed by atoms with van der Waals surface area (Å²) in [5, 5.41) is 21.8. The Hall–Kier alpha value is -3.03. The van der Waals surface area contributed by atoms with Crippen LogP contribution in [0.25, 0.3) is 0 Å². The van der Waals surface area contributed by atoms with Gasteiger partial charge in [0.2, 0.25) is 11.5 Å². The molecule has 1 aromatic carbocycles. The van der Waals surface area contributed by atoms with Crippen molar-refractivity contribution in [3.8, 4) is 11.5 Å². The Balaban J connectivity index is 2.45. The number of hydrogen-bond acceptors (Lipinski definition) is 6. The van der Waals surface area contributed by atoms with E-state index in [1.54, 1.807) is 6.92 Å². The molecule has 0 radical (unpaired) electrons. The molecular weight excluding hydrogens is 266 g/mol. The van der Waals surface area contributed by atoms with Crippen molar-refractivity contribution in [1.29, 1.82) is 0 Å². The van der Waals surface area contributed by atoms with Gasteiger partial charge in [-0.05, 0) is 28.1 Å². The first-order chi connectivity index (χ1) is 9.49. The van der Waals surface area contributed by atoms with Crippen LogP contribution >= 0.6 is 0 Å². The number of para-hydroxylation sites is 2. The standard InChI is InChI=1S/C12H9N3O5/c1-8-6-7-11(12(13-8)15(18)19)20-10-5-3-2-4-9(10)14(16)17/h2-7H,1H3. The Labute approximate surface area is 112 Å². The number of rotatable bonds is 4. The van der Waals surface area contributed by atoms with Gasteiger partial charge < -0.3 is 14.9 Å². The van der Waals surface area contributed by atoms with Crippen LogP contribution in [0, 0.1) is 27.2 Å². The number of nitro groups is 2. The molecule has 1 aromatic heterocycles. The van der Waals surface area contributed by atoms with Crippen molar-refractivity contribution in [2.24, 2.45) is 0 Å². The number of nitrogens with zero attached hydrogens (tertiary/aromatic N) is 3. The molecule has 0 unspecified atom stereocenters. The van der Waals surface area contributed by atoms with Gasteiger partial charge in [0.05, 0.1) is 4.92 Å². The fourth-order valence-corrected chi connectivity index (χ4v) is 1.55. The maximum Gasteiger partial charge on any atom is 0.407 e. The van der Waals surface area contributed by atoms with Crippen molar-refractivity contribution < 1.29 is 14.6 Å². The topological polar surface area (TPSA) is 108 Å². The number of pyridine rings is 1. The monoisotopic (exact) mass is 275 g/mol. The second-order valence-corrected chi connectivity index (χ2v) is 3.86. The predicted octanol–water partition coefficient (Wildman–Crippen LogP) is 3.00. The van der Waals surface area contributed by atoms with E-state index in [1.807, 2.05) is 0 Å². The minimum absolute atomic E-state index is 0.0775. The Morgan fingerprint density at radius 1 is 1.00 bits per heavy atom. The van der Waals surface area contributed by atoms with Crippen molar-refractivity contribution >= 4 is 11.5 Å². The number of aryl methyl sites for hydroxylation is 1. The largest absolute Gasteiger partial charge is 0.441 e. The van der Waals surface area contributed by atoms with Gasteiger partial charge in [-0.1, -0.05) is 12.1 Å². The predicted molar refractivity (Wildman–Crippen MR) is 68.8 cm³/mol. The molecular formula is C12H9N3O5. The molecule has 8 nitrogen and oxygen atoms in total. The highest BCUT2D eigenvalue weighted by Crippen LogP contribution is 2.34. The van der Waals surface area contributed by atoms with Crippen LogP contribution in [0.15, 0.2) is 36.4 Å². The molecule has 0 aliphatic rings. The Morgan fingerprint density at radius 2 is 1.70 bits per heavy atom. The lowest BCUT2D eigenvalue weighted by Crippen LogP contribution is -1.99. The van der Waals surface area contributed by atoms with Gasteiger partial charge in [-0.3, -0.25) is 10.1 Å². The van der Waals surface area contributed by atoms with Crippen LogP contribution in [0.2, 0.25) is 0 Å². The molecule has 8 heteroatoms. The molecule has 0 bridgehead atoms. The summed E-state index contributed by atoms with van der Waals surface area (Å²) < 4.78 is 5.27. The smallest absolute Gasteiger partial charge is 0.407 e. The molecule has 0 saturated heterocycles.